The summed E-state index contributed by atoms with van der Waals surface area (Å²) in [4.78, 5) is 15.0. The third-order valence-corrected chi connectivity index (χ3v) is 5.68. The smallest absolute Gasteiger partial charge is 0.218 e. The van der Waals surface area contributed by atoms with E-state index in [1.807, 2.05) is 18.2 Å². The summed E-state index contributed by atoms with van der Waals surface area (Å²) in [7, 11) is 0. The second-order valence-corrected chi connectivity index (χ2v) is 7.18. The molecule has 0 unspecified atom stereocenters. The van der Waals surface area contributed by atoms with Crippen molar-refractivity contribution in [1.82, 2.24) is 4.90 Å². The van der Waals surface area contributed by atoms with Crippen LogP contribution in [0.2, 0.25) is 0 Å². The molecule has 0 aliphatic carbocycles. The monoisotopic (exact) mass is 507 g/mol. The number of nitrogens with zero attached hydrogens (tertiary/aromatic N) is 1. The molecule has 21 heavy (non-hydrogen) atoms. The second kappa shape index (κ2) is 7.76. The molecule has 0 saturated carbocycles. The van der Waals surface area contributed by atoms with Crippen molar-refractivity contribution < 1.29 is 4.79 Å². The molecule has 1 aromatic carbocycles. The van der Waals surface area contributed by atoms with Crippen molar-refractivity contribution >= 4 is 54.5 Å². The van der Waals surface area contributed by atoms with Gasteiger partial charge >= 0.3 is 0 Å². The SMILES string of the molecule is CCCC1=C(I)C(=O)/C(=C(\I)c2ccccc2)N1CCC. The first-order valence-corrected chi connectivity index (χ1v) is 9.43. The third kappa shape index (κ3) is 3.52. The van der Waals surface area contributed by atoms with Crippen LogP contribution in [-0.4, -0.2) is 17.2 Å². The summed E-state index contributed by atoms with van der Waals surface area (Å²) in [5.74, 6) is 0.181. The number of hydrogen-bond donors (Lipinski definition) is 0. The van der Waals surface area contributed by atoms with E-state index in [0.717, 1.165) is 44.2 Å². The Labute approximate surface area is 154 Å². The maximum Gasteiger partial charge on any atom is 0.218 e. The summed E-state index contributed by atoms with van der Waals surface area (Å²) in [6.45, 7) is 5.23. The molecule has 0 fully saturated rings. The fourth-order valence-corrected chi connectivity index (χ4v) is 4.21. The molecule has 0 radical (unpaired) electrons. The van der Waals surface area contributed by atoms with E-state index in [-0.39, 0.29) is 5.78 Å². The van der Waals surface area contributed by atoms with Gasteiger partial charge in [0.05, 0.1) is 3.58 Å². The second-order valence-electron chi connectivity index (χ2n) is 5.02. The van der Waals surface area contributed by atoms with Gasteiger partial charge in [0.25, 0.3) is 0 Å². The highest BCUT2D eigenvalue weighted by molar-refractivity contribution is 14.1. The molecule has 112 valence electrons. The first-order valence-electron chi connectivity index (χ1n) is 7.27. The highest BCUT2D eigenvalue weighted by atomic mass is 127. The van der Waals surface area contributed by atoms with Crippen molar-refractivity contribution in [2.24, 2.45) is 0 Å². The quantitative estimate of drug-likeness (QED) is 0.386. The van der Waals surface area contributed by atoms with Crippen molar-refractivity contribution in [3.8, 4) is 0 Å². The van der Waals surface area contributed by atoms with Crippen LogP contribution in [0.3, 0.4) is 0 Å². The summed E-state index contributed by atoms with van der Waals surface area (Å²) >= 11 is 4.53. The molecular formula is C17H19I2NO. The normalized spacial score (nSPS) is 17.7. The van der Waals surface area contributed by atoms with Crippen LogP contribution in [0.5, 0.6) is 0 Å². The lowest BCUT2D eigenvalue weighted by molar-refractivity contribution is -0.111. The number of carbonyl (C=O) groups is 1. The fraction of sp³-hybridized carbons (Fsp3) is 0.353. The number of ketones is 1. The van der Waals surface area contributed by atoms with Crippen LogP contribution in [0.1, 0.15) is 38.7 Å². The topological polar surface area (TPSA) is 20.3 Å². The van der Waals surface area contributed by atoms with E-state index in [2.05, 4.69) is 76.1 Å². The van der Waals surface area contributed by atoms with Crippen LogP contribution >= 0.6 is 45.2 Å². The molecule has 1 heterocycles. The summed E-state index contributed by atoms with van der Waals surface area (Å²) in [5.41, 5.74) is 3.17. The lowest BCUT2D eigenvalue weighted by Gasteiger charge is -2.24. The van der Waals surface area contributed by atoms with Gasteiger partial charge in [-0.25, -0.2) is 0 Å². The Bertz CT molecular complexity index is 590. The largest absolute Gasteiger partial charge is 0.340 e. The Morgan fingerprint density at radius 2 is 1.81 bits per heavy atom. The predicted octanol–water partition coefficient (Wildman–Crippen LogP) is 5.53. The zero-order valence-electron chi connectivity index (χ0n) is 12.3. The molecule has 2 rings (SSSR count). The van der Waals surface area contributed by atoms with E-state index in [1.54, 1.807) is 0 Å². The van der Waals surface area contributed by atoms with Crippen LogP contribution in [0, 0.1) is 0 Å². The van der Waals surface area contributed by atoms with E-state index >= 15 is 0 Å². The highest BCUT2D eigenvalue weighted by Gasteiger charge is 2.34. The van der Waals surface area contributed by atoms with Crippen molar-refractivity contribution in [1.29, 1.82) is 0 Å². The molecule has 2 nitrogen and oxygen atoms in total. The number of carbonyl (C=O) groups excluding carboxylic acids is 1. The van der Waals surface area contributed by atoms with Gasteiger partial charge < -0.3 is 4.90 Å². The van der Waals surface area contributed by atoms with E-state index in [0.29, 0.717) is 0 Å². The van der Waals surface area contributed by atoms with Crippen molar-refractivity contribution in [2.75, 3.05) is 6.54 Å². The van der Waals surface area contributed by atoms with Crippen molar-refractivity contribution in [3.05, 3.63) is 50.9 Å². The molecule has 1 aliphatic heterocycles. The van der Waals surface area contributed by atoms with Gasteiger partial charge in [-0.15, -0.1) is 0 Å². The first kappa shape index (κ1) is 17.0. The third-order valence-electron chi connectivity index (χ3n) is 3.43. The molecule has 0 saturated heterocycles. The predicted molar refractivity (Wildman–Crippen MR) is 105 cm³/mol. The average Bonchev–Trinajstić information content (AvgIpc) is 2.73. The Balaban J connectivity index is 2.50. The van der Waals surface area contributed by atoms with Crippen LogP contribution in [0.25, 0.3) is 3.58 Å². The first-order chi connectivity index (χ1) is 10.1. The lowest BCUT2D eigenvalue weighted by Crippen LogP contribution is -2.22. The van der Waals surface area contributed by atoms with Gasteiger partial charge in [0.1, 0.15) is 5.70 Å². The maximum atomic E-state index is 12.7. The summed E-state index contributed by atoms with van der Waals surface area (Å²) in [6.07, 6.45) is 3.06. The molecule has 0 spiro atoms. The molecule has 0 atom stereocenters. The number of allylic oxidation sites excluding steroid dienone is 2. The van der Waals surface area contributed by atoms with Crippen LogP contribution in [0.4, 0.5) is 0 Å². The minimum Gasteiger partial charge on any atom is -0.340 e. The zero-order valence-corrected chi connectivity index (χ0v) is 16.6. The highest BCUT2D eigenvalue weighted by Crippen LogP contribution is 2.40. The Hall–Kier alpha value is -0.370. The van der Waals surface area contributed by atoms with Gasteiger partial charge in [0.2, 0.25) is 5.78 Å². The van der Waals surface area contributed by atoms with Gasteiger partial charge in [0, 0.05) is 15.8 Å². The van der Waals surface area contributed by atoms with Crippen molar-refractivity contribution in [2.45, 2.75) is 33.1 Å². The molecule has 0 N–H and O–H groups in total. The fourth-order valence-electron chi connectivity index (χ4n) is 2.50. The van der Waals surface area contributed by atoms with E-state index in [1.165, 1.54) is 5.70 Å². The molecule has 0 aromatic heterocycles. The number of benzene rings is 1. The van der Waals surface area contributed by atoms with Crippen LogP contribution in [0.15, 0.2) is 45.3 Å². The zero-order chi connectivity index (χ0) is 15.4. The summed E-state index contributed by atoms with van der Waals surface area (Å²) in [6, 6.07) is 10.2. The molecule has 4 heteroatoms. The number of rotatable bonds is 5. The standard InChI is InChI=1S/C17H19I2NO/c1-3-8-13-15(19)17(21)16(20(13)11-4-2)14(18)12-9-6-5-7-10-12/h5-7,9-10H,3-4,8,11H2,1-2H3/b16-14+. The summed E-state index contributed by atoms with van der Waals surface area (Å²) in [5, 5.41) is 0. The molecule has 1 aromatic rings. The van der Waals surface area contributed by atoms with E-state index in [4.69, 9.17) is 0 Å². The summed E-state index contributed by atoms with van der Waals surface area (Å²) < 4.78 is 1.94. The minimum atomic E-state index is 0.181. The molecule has 1 aliphatic rings. The van der Waals surface area contributed by atoms with Crippen molar-refractivity contribution in [3.63, 3.8) is 0 Å². The number of hydrogen-bond acceptors (Lipinski definition) is 2. The van der Waals surface area contributed by atoms with Gasteiger partial charge in [-0.05, 0) is 63.6 Å². The lowest BCUT2D eigenvalue weighted by atomic mass is 10.1. The Morgan fingerprint density at radius 1 is 1.14 bits per heavy atom. The van der Waals surface area contributed by atoms with E-state index < -0.39 is 0 Å². The minimum absolute atomic E-state index is 0.181. The average molecular weight is 507 g/mol. The van der Waals surface area contributed by atoms with Gasteiger partial charge in [0.15, 0.2) is 0 Å². The van der Waals surface area contributed by atoms with Crippen LogP contribution < -0.4 is 0 Å². The molecule has 0 bridgehead atoms. The van der Waals surface area contributed by atoms with E-state index in [9.17, 15) is 4.79 Å². The van der Waals surface area contributed by atoms with Gasteiger partial charge in [-0.3, -0.25) is 4.79 Å². The number of Topliss-reactive ketones (excluding diaryl/α,β-unsaturated/α-hetero) is 1. The number of halogens is 2. The molecule has 0 amide bonds. The Kier molecular flexibility index (Phi) is 6.28. The van der Waals surface area contributed by atoms with Gasteiger partial charge in [-0.1, -0.05) is 50.6 Å². The van der Waals surface area contributed by atoms with Gasteiger partial charge in [-0.2, -0.15) is 0 Å². The molecular weight excluding hydrogens is 488 g/mol. The maximum absolute atomic E-state index is 12.7. The Morgan fingerprint density at radius 3 is 2.38 bits per heavy atom. The van der Waals surface area contributed by atoms with Crippen LogP contribution in [-0.2, 0) is 4.79 Å².